The second-order valence-electron chi connectivity index (χ2n) is 2.01. The highest BCUT2D eigenvalue weighted by molar-refractivity contribution is 8.11. The van der Waals surface area contributed by atoms with Crippen molar-refractivity contribution in [1.82, 2.24) is 0 Å². The molecule has 0 aromatic heterocycles. The number of allylic oxidation sites excluding steroid dienone is 3. The fraction of sp³-hybridized carbons (Fsp3) is 0.444. The molecule has 0 unspecified atom stereocenters. The summed E-state index contributed by atoms with van der Waals surface area (Å²) in [4.78, 5) is 4.23. The molecule has 0 heterocycles. The van der Waals surface area contributed by atoms with E-state index in [1.165, 1.54) is 0 Å². The van der Waals surface area contributed by atoms with Crippen LogP contribution in [0.3, 0.4) is 0 Å². The van der Waals surface area contributed by atoms with Crippen LogP contribution in [0.2, 0.25) is 0 Å². The molecule has 2 heteroatoms. The van der Waals surface area contributed by atoms with Gasteiger partial charge in [-0.15, -0.1) is 11.8 Å². The molecule has 0 aromatic carbocycles. The van der Waals surface area contributed by atoms with Crippen molar-refractivity contribution in [3.63, 3.8) is 0 Å². The van der Waals surface area contributed by atoms with Crippen molar-refractivity contribution in [2.45, 2.75) is 20.3 Å². The lowest BCUT2D eigenvalue weighted by Crippen LogP contribution is -1.72. The van der Waals surface area contributed by atoms with Crippen LogP contribution in [0.15, 0.2) is 28.9 Å². The largest absolute Gasteiger partial charge is 0.250 e. The predicted molar refractivity (Wildman–Crippen MR) is 55.2 cm³/mol. The molecule has 0 spiro atoms. The van der Waals surface area contributed by atoms with E-state index in [0.717, 1.165) is 12.1 Å². The number of rotatable bonds is 4. The maximum Gasteiger partial charge on any atom is 0.0601 e. The molecule has 0 saturated heterocycles. The fourth-order valence-electron chi connectivity index (χ4n) is 0.657. The lowest BCUT2D eigenvalue weighted by molar-refractivity contribution is 1.19. The van der Waals surface area contributed by atoms with Gasteiger partial charge in [-0.3, -0.25) is 4.99 Å². The lowest BCUT2D eigenvalue weighted by atomic mass is 10.3. The molecule has 0 saturated carbocycles. The Morgan fingerprint density at radius 2 is 2.27 bits per heavy atom. The first-order chi connectivity index (χ1) is 5.35. The van der Waals surface area contributed by atoms with Gasteiger partial charge in [0.05, 0.1) is 11.2 Å². The summed E-state index contributed by atoms with van der Waals surface area (Å²) in [5.41, 5.74) is 2.89. The zero-order valence-corrected chi connectivity index (χ0v) is 8.19. The third-order valence-corrected chi connectivity index (χ3v) is 1.37. The zero-order chi connectivity index (χ0) is 8.53. The number of aliphatic imine (C=N–C) groups is 1. The minimum atomic E-state index is 1.03. The van der Waals surface area contributed by atoms with Crippen LogP contribution in [0.4, 0.5) is 0 Å². The van der Waals surface area contributed by atoms with Crippen LogP contribution in [-0.2, 0) is 0 Å². The Morgan fingerprint density at radius 3 is 2.73 bits per heavy atom. The van der Waals surface area contributed by atoms with Crippen LogP contribution in [-0.4, -0.2) is 11.8 Å². The molecule has 0 aliphatic rings. The molecule has 62 valence electrons. The van der Waals surface area contributed by atoms with Gasteiger partial charge in [0.1, 0.15) is 0 Å². The molecule has 0 bridgehead atoms. The molecule has 0 amide bonds. The van der Waals surface area contributed by atoms with Crippen LogP contribution in [0, 0.1) is 0 Å². The maximum atomic E-state index is 4.23. The van der Waals surface area contributed by atoms with E-state index in [9.17, 15) is 0 Å². The van der Waals surface area contributed by atoms with Crippen molar-refractivity contribution in [2.75, 3.05) is 6.26 Å². The van der Waals surface area contributed by atoms with Crippen molar-refractivity contribution in [1.29, 1.82) is 0 Å². The Bertz CT molecular complexity index is 168. The Morgan fingerprint density at radius 1 is 1.55 bits per heavy atom. The Hall–Kier alpha value is -0.500. The molecule has 0 aliphatic heterocycles. The minimum absolute atomic E-state index is 1.03. The van der Waals surface area contributed by atoms with Gasteiger partial charge in [-0.1, -0.05) is 19.1 Å². The van der Waals surface area contributed by atoms with E-state index >= 15 is 0 Å². The molecular formula is C9H15NS. The summed E-state index contributed by atoms with van der Waals surface area (Å²) in [7, 11) is 0. The Labute approximate surface area is 73.3 Å². The van der Waals surface area contributed by atoms with Gasteiger partial charge in [0, 0.05) is 0 Å². The van der Waals surface area contributed by atoms with Crippen LogP contribution < -0.4 is 0 Å². The van der Waals surface area contributed by atoms with Gasteiger partial charge < -0.3 is 0 Å². The molecule has 0 rings (SSSR count). The summed E-state index contributed by atoms with van der Waals surface area (Å²) in [6.45, 7) is 4.11. The molecule has 1 nitrogen and oxygen atoms in total. The van der Waals surface area contributed by atoms with Gasteiger partial charge in [-0.05, 0) is 25.7 Å². The fourth-order valence-corrected chi connectivity index (χ4v) is 0.884. The molecule has 0 aromatic rings. The number of nitrogens with zero attached hydrogens (tertiary/aromatic N) is 1. The van der Waals surface area contributed by atoms with E-state index in [4.69, 9.17) is 0 Å². The van der Waals surface area contributed by atoms with E-state index < -0.39 is 0 Å². The summed E-state index contributed by atoms with van der Waals surface area (Å²) in [5.74, 6) is 0. The van der Waals surface area contributed by atoms with Gasteiger partial charge in [-0.2, -0.15) is 0 Å². The number of hydrogen-bond acceptors (Lipinski definition) is 2. The molecule has 0 atom stereocenters. The summed E-state index contributed by atoms with van der Waals surface area (Å²) >= 11 is 1.62. The normalized spacial score (nSPS) is 13.5. The van der Waals surface area contributed by atoms with Crippen LogP contribution in [0.5, 0.6) is 0 Å². The summed E-state index contributed by atoms with van der Waals surface area (Å²) in [6.07, 6.45) is 9.15. The second kappa shape index (κ2) is 7.61. The smallest absolute Gasteiger partial charge is 0.0601 e. The average molecular weight is 169 g/mol. The monoisotopic (exact) mass is 169 g/mol. The molecule has 0 fully saturated rings. The van der Waals surface area contributed by atoms with Crippen LogP contribution >= 0.6 is 11.8 Å². The highest BCUT2D eigenvalue weighted by Gasteiger charge is 1.82. The lowest BCUT2D eigenvalue weighted by Gasteiger charge is -1.90. The maximum absolute atomic E-state index is 4.23. The standard InChI is InChI=1S/C9H15NS/c1-4-6-9(7-5-2)10-8-11-3/h4,6-8H,5H2,1-3H3/b6-4-,9-7+,10-8?. The summed E-state index contributed by atoms with van der Waals surface area (Å²) < 4.78 is 0. The third kappa shape index (κ3) is 5.92. The van der Waals surface area contributed by atoms with Gasteiger partial charge in [-0.25, -0.2) is 0 Å². The van der Waals surface area contributed by atoms with Gasteiger partial charge >= 0.3 is 0 Å². The molecule has 0 radical (unpaired) electrons. The van der Waals surface area contributed by atoms with Gasteiger partial charge in [0.25, 0.3) is 0 Å². The quantitative estimate of drug-likeness (QED) is 0.357. The Balaban J connectivity index is 4.11. The predicted octanol–water partition coefficient (Wildman–Crippen LogP) is 3.25. The van der Waals surface area contributed by atoms with Crippen LogP contribution in [0.25, 0.3) is 0 Å². The summed E-state index contributed by atoms with van der Waals surface area (Å²) in [6, 6.07) is 0. The average Bonchev–Trinajstić information content (AvgIpc) is 2.01. The van der Waals surface area contributed by atoms with Gasteiger partial charge in [0.2, 0.25) is 0 Å². The Kier molecular flexibility index (Phi) is 7.26. The SMILES string of the molecule is C/C=C\C(=C/CC)N=CSC. The van der Waals surface area contributed by atoms with Gasteiger partial charge in [0.15, 0.2) is 0 Å². The van der Waals surface area contributed by atoms with E-state index in [1.54, 1.807) is 11.8 Å². The number of thioether (sulfide) groups is 1. The topological polar surface area (TPSA) is 12.4 Å². The van der Waals surface area contributed by atoms with Crippen molar-refractivity contribution >= 4 is 17.3 Å². The van der Waals surface area contributed by atoms with E-state index in [0.29, 0.717) is 0 Å². The molecule has 0 N–H and O–H groups in total. The summed E-state index contributed by atoms with van der Waals surface area (Å²) in [5, 5.41) is 0. The van der Waals surface area contributed by atoms with E-state index in [2.05, 4.69) is 18.0 Å². The third-order valence-electron chi connectivity index (χ3n) is 1.06. The van der Waals surface area contributed by atoms with E-state index in [1.807, 2.05) is 30.9 Å². The van der Waals surface area contributed by atoms with Crippen molar-refractivity contribution < 1.29 is 0 Å². The minimum Gasteiger partial charge on any atom is -0.250 e. The van der Waals surface area contributed by atoms with Crippen molar-refractivity contribution in [3.8, 4) is 0 Å². The zero-order valence-electron chi connectivity index (χ0n) is 7.37. The van der Waals surface area contributed by atoms with E-state index in [-0.39, 0.29) is 0 Å². The second-order valence-corrected chi connectivity index (χ2v) is 2.69. The molecule has 11 heavy (non-hydrogen) atoms. The number of hydrogen-bond donors (Lipinski definition) is 0. The highest BCUT2D eigenvalue weighted by Crippen LogP contribution is 2.01. The van der Waals surface area contributed by atoms with Crippen molar-refractivity contribution in [2.24, 2.45) is 4.99 Å². The highest BCUT2D eigenvalue weighted by atomic mass is 32.2. The first-order valence-electron chi connectivity index (χ1n) is 3.73. The van der Waals surface area contributed by atoms with Crippen LogP contribution in [0.1, 0.15) is 20.3 Å². The van der Waals surface area contributed by atoms with Crippen molar-refractivity contribution in [3.05, 3.63) is 23.9 Å². The first kappa shape index (κ1) is 10.5. The molecular weight excluding hydrogens is 154 g/mol. The first-order valence-corrected chi connectivity index (χ1v) is 5.02. The molecule has 0 aliphatic carbocycles.